The quantitative estimate of drug-likeness (QED) is 0.867. The molecule has 1 fully saturated rings. The average molecular weight is 312 g/mol. The molecule has 0 aliphatic carbocycles. The Bertz CT molecular complexity index is 678. The van der Waals surface area contributed by atoms with Crippen molar-refractivity contribution in [1.29, 1.82) is 0 Å². The third-order valence-electron chi connectivity index (χ3n) is 5.43. The molecule has 2 aromatic carbocycles. The molecule has 1 aliphatic rings. The summed E-state index contributed by atoms with van der Waals surface area (Å²) in [5.74, 6) is 0. The van der Waals surface area contributed by atoms with Gasteiger partial charge in [0.2, 0.25) is 0 Å². The first-order valence-corrected chi connectivity index (χ1v) is 7.89. The molecule has 2 aromatic rings. The normalized spacial score (nSPS) is 21.7. The highest BCUT2D eigenvalue weighted by molar-refractivity contribution is 5.68. The van der Waals surface area contributed by atoms with Crippen molar-refractivity contribution >= 4 is 0 Å². The lowest BCUT2D eigenvalue weighted by atomic mass is 9.84. The Morgan fingerprint density at radius 2 is 1.22 bits per heavy atom. The van der Waals surface area contributed by atoms with E-state index >= 15 is 0 Å². The predicted molar refractivity (Wildman–Crippen MR) is 90.0 cm³/mol. The van der Waals surface area contributed by atoms with E-state index in [0.29, 0.717) is 0 Å². The molecule has 23 heavy (non-hydrogen) atoms. The van der Waals surface area contributed by atoms with E-state index in [1.807, 2.05) is 82.3 Å². The van der Waals surface area contributed by atoms with Gasteiger partial charge in [0.1, 0.15) is 6.17 Å². The molecule has 0 unspecified atom stereocenters. The van der Waals surface area contributed by atoms with E-state index in [1.54, 1.807) is 0 Å². The van der Waals surface area contributed by atoms with Crippen LogP contribution in [0.3, 0.4) is 0 Å². The lowest BCUT2D eigenvalue weighted by Crippen LogP contribution is -2.52. The Morgan fingerprint density at radius 3 is 1.78 bits per heavy atom. The molecule has 1 aliphatic heterocycles. The van der Waals surface area contributed by atoms with Gasteiger partial charge < -0.3 is 10.4 Å². The maximum Gasteiger partial charge on any atom is 0.137 e. The molecule has 0 radical (unpaired) electrons. The minimum atomic E-state index is -0.614. The average Bonchev–Trinajstić information content (AvgIpc) is 2.66. The topological polar surface area (TPSA) is 46.9 Å². The van der Waals surface area contributed by atoms with E-state index in [9.17, 15) is 10.4 Å². The molecule has 1 saturated heterocycles. The first kappa shape index (κ1) is 16.1. The summed E-state index contributed by atoms with van der Waals surface area (Å²) < 4.78 is 0. The van der Waals surface area contributed by atoms with Crippen LogP contribution < -0.4 is 0 Å². The molecule has 0 bridgehead atoms. The van der Waals surface area contributed by atoms with Gasteiger partial charge in [-0.25, -0.2) is 0 Å². The third-order valence-corrected chi connectivity index (χ3v) is 5.43. The van der Waals surface area contributed by atoms with Crippen LogP contribution in [0.5, 0.6) is 0 Å². The summed E-state index contributed by atoms with van der Waals surface area (Å²) in [6, 6.07) is 17.9. The Balaban J connectivity index is 2.14. The highest BCUT2D eigenvalue weighted by atomic mass is 16.6. The second-order valence-electron chi connectivity index (χ2n) is 7.13. The monoisotopic (exact) mass is 312 g/mol. The fourth-order valence-electron chi connectivity index (χ4n) is 3.14. The van der Waals surface area contributed by atoms with Crippen molar-refractivity contribution in [1.82, 2.24) is 10.1 Å². The summed E-state index contributed by atoms with van der Waals surface area (Å²) in [7, 11) is 0. The standard InChI is InChI=1S/C19H24N2O2/c1-18(2)19(3,4)21(23)17(20(18)22)16-13-9-8-12-15(16)14-10-6-5-7-11-14/h5-13,17,22-23H,1-4H3. The maximum atomic E-state index is 10.8. The smallest absolute Gasteiger partial charge is 0.137 e. The number of rotatable bonds is 2. The SMILES string of the molecule is CC1(C)N(O)C(c2ccccc2-c2ccccc2)N(O)C1(C)C. The summed E-state index contributed by atoms with van der Waals surface area (Å²) in [6.07, 6.45) is -0.614. The number of nitrogens with zero attached hydrogens (tertiary/aromatic N) is 2. The summed E-state index contributed by atoms with van der Waals surface area (Å²) in [5, 5.41) is 24.1. The van der Waals surface area contributed by atoms with Crippen molar-refractivity contribution in [2.45, 2.75) is 44.9 Å². The largest absolute Gasteiger partial charge is 0.311 e. The maximum absolute atomic E-state index is 10.8. The molecule has 0 amide bonds. The number of benzene rings is 2. The molecular formula is C19H24N2O2. The second-order valence-corrected chi connectivity index (χ2v) is 7.13. The molecule has 122 valence electrons. The van der Waals surface area contributed by atoms with Crippen molar-refractivity contribution in [3.8, 4) is 11.1 Å². The van der Waals surface area contributed by atoms with E-state index in [0.717, 1.165) is 16.7 Å². The van der Waals surface area contributed by atoms with E-state index in [1.165, 1.54) is 10.1 Å². The van der Waals surface area contributed by atoms with Crippen LogP contribution in [0.15, 0.2) is 54.6 Å². The van der Waals surface area contributed by atoms with Gasteiger partial charge in [0.25, 0.3) is 0 Å². The first-order chi connectivity index (χ1) is 10.8. The molecule has 0 aromatic heterocycles. The van der Waals surface area contributed by atoms with Crippen molar-refractivity contribution in [2.75, 3.05) is 0 Å². The second kappa shape index (κ2) is 5.42. The van der Waals surface area contributed by atoms with E-state index < -0.39 is 17.2 Å². The van der Waals surface area contributed by atoms with Crippen LogP contribution in [0.4, 0.5) is 0 Å². The Labute approximate surface area is 137 Å². The number of hydrogen-bond donors (Lipinski definition) is 2. The Morgan fingerprint density at radius 1 is 0.739 bits per heavy atom. The Hall–Kier alpha value is -1.72. The number of hydrogen-bond acceptors (Lipinski definition) is 4. The van der Waals surface area contributed by atoms with Gasteiger partial charge >= 0.3 is 0 Å². The molecule has 3 rings (SSSR count). The number of hydroxylamine groups is 4. The van der Waals surface area contributed by atoms with Crippen LogP contribution in [0, 0.1) is 0 Å². The predicted octanol–water partition coefficient (Wildman–Crippen LogP) is 4.31. The molecule has 4 heteroatoms. The molecule has 1 heterocycles. The minimum absolute atomic E-state index is 0.601. The lowest BCUT2D eigenvalue weighted by Gasteiger charge is -2.37. The van der Waals surface area contributed by atoms with Gasteiger partial charge in [-0.15, -0.1) is 0 Å². The fraction of sp³-hybridized carbons (Fsp3) is 0.368. The van der Waals surface area contributed by atoms with Crippen molar-refractivity contribution < 1.29 is 10.4 Å². The van der Waals surface area contributed by atoms with E-state index in [2.05, 4.69) is 0 Å². The molecular weight excluding hydrogens is 288 g/mol. The molecule has 0 spiro atoms. The van der Waals surface area contributed by atoms with Crippen LogP contribution in [0.2, 0.25) is 0 Å². The first-order valence-electron chi connectivity index (χ1n) is 7.89. The van der Waals surface area contributed by atoms with E-state index in [-0.39, 0.29) is 0 Å². The van der Waals surface area contributed by atoms with Gasteiger partial charge in [-0.2, -0.15) is 10.1 Å². The third kappa shape index (κ3) is 2.30. The molecule has 4 nitrogen and oxygen atoms in total. The summed E-state index contributed by atoms with van der Waals surface area (Å²) in [5.41, 5.74) is 1.74. The summed E-state index contributed by atoms with van der Waals surface area (Å²) >= 11 is 0. The van der Waals surface area contributed by atoms with Crippen molar-refractivity contribution in [2.24, 2.45) is 0 Å². The summed E-state index contributed by atoms with van der Waals surface area (Å²) in [6.45, 7) is 7.73. The zero-order valence-electron chi connectivity index (χ0n) is 14.1. The van der Waals surface area contributed by atoms with Crippen LogP contribution in [-0.2, 0) is 0 Å². The molecule has 0 atom stereocenters. The van der Waals surface area contributed by atoms with Gasteiger partial charge in [0, 0.05) is 0 Å². The van der Waals surface area contributed by atoms with Gasteiger partial charge in [-0.05, 0) is 44.4 Å². The van der Waals surface area contributed by atoms with Crippen LogP contribution >= 0.6 is 0 Å². The van der Waals surface area contributed by atoms with Crippen molar-refractivity contribution in [3.63, 3.8) is 0 Å². The highest BCUT2D eigenvalue weighted by Gasteiger charge is 2.58. The molecule has 2 N–H and O–H groups in total. The van der Waals surface area contributed by atoms with Crippen LogP contribution in [-0.4, -0.2) is 31.6 Å². The van der Waals surface area contributed by atoms with Gasteiger partial charge in [0.05, 0.1) is 11.1 Å². The highest BCUT2D eigenvalue weighted by Crippen LogP contribution is 2.49. The van der Waals surface area contributed by atoms with Gasteiger partial charge in [-0.1, -0.05) is 54.6 Å². The van der Waals surface area contributed by atoms with Crippen LogP contribution in [0.25, 0.3) is 11.1 Å². The minimum Gasteiger partial charge on any atom is -0.311 e. The summed E-state index contributed by atoms with van der Waals surface area (Å²) in [4.78, 5) is 0. The van der Waals surface area contributed by atoms with Crippen molar-refractivity contribution in [3.05, 3.63) is 60.2 Å². The molecule has 0 saturated carbocycles. The zero-order valence-corrected chi connectivity index (χ0v) is 14.1. The van der Waals surface area contributed by atoms with Gasteiger partial charge in [0.15, 0.2) is 0 Å². The zero-order chi connectivity index (χ0) is 16.8. The van der Waals surface area contributed by atoms with Gasteiger partial charge in [-0.3, -0.25) is 0 Å². The lowest BCUT2D eigenvalue weighted by molar-refractivity contribution is -0.223. The van der Waals surface area contributed by atoms with E-state index in [4.69, 9.17) is 0 Å². The van der Waals surface area contributed by atoms with Crippen LogP contribution in [0.1, 0.15) is 39.4 Å². The fourth-order valence-corrected chi connectivity index (χ4v) is 3.14. The Kier molecular flexibility index (Phi) is 3.81.